The smallest absolute Gasteiger partial charge is 0.330 e. The van der Waals surface area contributed by atoms with Gasteiger partial charge < -0.3 is 35.0 Å². The molecule has 14 nitrogen and oxygen atoms in total. The van der Waals surface area contributed by atoms with E-state index in [1.165, 1.54) is 16.7 Å². The molecule has 0 saturated carbocycles. The number of amides is 5. The fourth-order valence-electron chi connectivity index (χ4n) is 5.52. The minimum Gasteiger partial charge on any atom is -0.394 e. The van der Waals surface area contributed by atoms with E-state index in [1.807, 2.05) is 0 Å². The van der Waals surface area contributed by atoms with Crippen molar-refractivity contribution in [2.24, 2.45) is 0 Å². The van der Waals surface area contributed by atoms with Crippen LogP contribution in [0.5, 0.6) is 0 Å². The van der Waals surface area contributed by atoms with Gasteiger partial charge in [0, 0.05) is 12.8 Å². The number of hydrogen-bond acceptors (Lipinski definition) is 10. The van der Waals surface area contributed by atoms with Crippen molar-refractivity contribution in [2.75, 3.05) is 13.2 Å². The predicted octanol–water partition coefficient (Wildman–Crippen LogP) is -3.05. The van der Waals surface area contributed by atoms with Crippen LogP contribution >= 0.6 is 0 Å². The average molecular weight is 484 g/mol. The molecule has 5 rings (SSSR count). The summed E-state index contributed by atoms with van der Waals surface area (Å²) in [4.78, 5) is 42.3. The summed E-state index contributed by atoms with van der Waals surface area (Å²) in [6.07, 6.45) is -6.08. The van der Waals surface area contributed by atoms with Crippen LogP contribution in [-0.4, -0.2) is 126 Å². The molecule has 0 radical (unpaired) electrons. The number of imide groups is 1. The molecule has 5 aliphatic heterocycles. The molecule has 34 heavy (non-hydrogen) atoms. The largest absolute Gasteiger partial charge is 0.394 e. The molecule has 0 aromatic carbocycles. The summed E-state index contributed by atoms with van der Waals surface area (Å²) in [7, 11) is 0. The molecule has 4 fully saturated rings. The quantitative estimate of drug-likeness (QED) is 0.233. The Hall–Kier alpha value is -2.33. The molecule has 0 bridgehead atoms. The van der Waals surface area contributed by atoms with E-state index < -0.39 is 85.9 Å². The Morgan fingerprint density at radius 3 is 2.03 bits per heavy atom. The molecule has 4 saturated heterocycles. The number of rotatable bonds is 5. The Morgan fingerprint density at radius 2 is 1.53 bits per heavy atom. The molecule has 5 amide bonds. The van der Waals surface area contributed by atoms with Crippen molar-refractivity contribution in [3.05, 3.63) is 11.3 Å². The Bertz CT molecular complexity index is 956. The van der Waals surface area contributed by atoms with Gasteiger partial charge in [-0.2, -0.15) is 0 Å². The van der Waals surface area contributed by atoms with Crippen LogP contribution in [0.1, 0.15) is 26.7 Å². The molecule has 14 heteroatoms. The van der Waals surface area contributed by atoms with E-state index in [1.54, 1.807) is 6.92 Å². The molecule has 0 spiro atoms. The second-order valence-electron chi connectivity index (χ2n) is 9.45. The number of nitrogens with zero attached hydrogens (tertiary/aromatic N) is 3. The fraction of sp³-hybridized carbons (Fsp3) is 0.750. The third-order valence-corrected chi connectivity index (χ3v) is 7.36. The number of carbonyl (C=O) groups is 3. The number of carbonyl (C=O) groups excluding carboxylic acids is 3. The SMILES string of the molecule is CC1=C([C@H]2N([C@H]3C[C@H](O)[C@@H](CO)O3)C(=O)NC(=O)[C@@]2(C)O)N2C(=O)N([C@H]3C[C@H](O)[C@@H](CO)O3)C12. The van der Waals surface area contributed by atoms with Crippen molar-refractivity contribution in [3.8, 4) is 0 Å². The maximum atomic E-state index is 13.1. The number of aliphatic hydroxyl groups excluding tert-OH is 4. The first-order chi connectivity index (χ1) is 16.0. The molecular formula is C20H28N4O10. The number of aliphatic hydroxyl groups is 5. The van der Waals surface area contributed by atoms with Gasteiger partial charge in [-0.05, 0) is 19.4 Å². The molecule has 0 aromatic heterocycles. The number of ether oxygens (including phenoxy) is 2. The van der Waals surface area contributed by atoms with Crippen LogP contribution in [0, 0.1) is 0 Å². The minimum absolute atomic E-state index is 0.0639. The van der Waals surface area contributed by atoms with Crippen molar-refractivity contribution in [2.45, 2.75) is 81.4 Å². The van der Waals surface area contributed by atoms with Crippen molar-refractivity contribution in [1.82, 2.24) is 20.0 Å². The van der Waals surface area contributed by atoms with Gasteiger partial charge in [-0.15, -0.1) is 0 Å². The summed E-state index contributed by atoms with van der Waals surface area (Å²) in [5.74, 6) is -0.947. The summed E-state index contributed by atoms with van der Waals surface area (Å²) >= 11 is 0. The van der Waals surface area contributed by atoms with Gasteiger partial charge in [-0.1, -0.05) is 0 Å². The van der Waals surface area contributed by atoms with Gasteiger partial charge in [0.2, 0.25) is 0 Å². The van der Waals surface area contributed by atoms with Gasteiger partial charge in [0.25, 0.3) is 5.91 Å². The van der Waals surface area contributed by atoms with Gasteiger partial charge >= 0.3 is 12.1 Å². The Kier molecular flexibility index (Phi) is 5.40. The van der Waals surface area contributed by atoms with Crippen LogP contribution in [-0.2, 0) is 14.3 Å². The van der Waals surface area contributed by atoms with E-state index in [0.29, 0.717) is 5.57 Å². The lowest BCUT2D eigenvalue weighted by atomic mass is 9.80. The Balaban J connectivity index is 1.46. The van der Waals surface area contributed by atoms with Crippen LogP contribution in [0.2, 0.25) is 0 Å². The van der Waals surface area contributed by atoms with Crippen LogP contribution in [0.25, 0.3) is 0 Å². The zero-order chi connectivity index (χ0) is 24.7. The van der Waals surface area contributed by atoms with Crippen molar-refractivity contribution >= 4 is 18.0 Å². The zero-order valence-electron chi connectivity index (χ0n) is 18.6. The van der Waals surface area contributed by atoms with Crippen molar-refractivity contribution in [3.63, 3.8) is 0 Å². The molecule has 5 heterocycles. The van der Waals surface area contributed by atoms with Crippen molar-refractivity contribution < 1.29 is 49.4 Å². The Labute approximate surface area is 193 Å². The molecule has 5 aliphatic rings. The molecule has 1 unspecified atom stereocenters. The number of fused-ring (bicyclic) bond motifs is 1. The van der Waals surface area contributed by atoms with Gasteiger partial charge in [0.1, 0.15) is 36.9 Å². The maximum Gasteiger partial charge on any atom is 0.330 e. The zero-order valence-corrected chi connectivity index (χ0v) is 18.6. The topological polar surface area (TPSA) is 193 Å². The van der Waals surface area contributed by atoms with E-state index in [9.17, 15) is 39.9 Å². The molecule has 188 valence electrons. The lowest BCUT2D eigenvalue weighted by molar-refractivity contribution is -0.164. The van der Waals surface area contributed by atoms with E-state index >= 15 is 0 Å². The first-order valence-corrected chi connectivity index (χ1v) is 11.1. The summed E-state index contributed by atoms with van der Waals surface area (Å²) in [6, 6.07) is -2.67. The van der Waals surface area contributed by atoms with Crippen LogP contribution in [0.4, 0.5) is 9.59 Å². The third-order valence-electron chi connectivity index (χ3n) is 7.36. The molecule has 9 atom stereocenters. The highest BCUT2D eigenvalue weighted by Gasteiger charge is 2.66. The highest BCUT2D eigenvalue weighted by molar-refractivity contribution is 6.03. The van der Waals surface area contributed by atoms with Gasteiger partial charge in [0.05, 0.1) is 31.1 Å². The first kappa shape index (κ1) is 23.4. The van der Waals surface area contributed by atoms with E-state index in [2.05, 4.69) is 5.32 Å². The molecule has 6 N–H and O–H groups in total. The second kappa shape index (κ2) is 7.84. The van der Waals surface area contributed by atoms with Gasteiger partial charge in [-0.25, -0.2) is 9.59 Å². The lowest BCUT2D eigenvalue weighted by Crippen LogP contribution is -2.81. The average Bonchev–Trinajstić information content (AvgIpc) is 3.33. The number of nitrogens with one attached hydrogen (secondary N) is 1. The highest BCUT2D eigenvalue weighted by Crippen LogP contribution is 2.50. The van der Waals surface area contributed by atoms with E-state index in [4.69, 9.17) is 9.47 Å². The first-order valence-electron chi connectivity index (χ1n) is 11.1. The fourth-order valence-corrected chi connectivity index (χ4v) is 5.52. The standard InChI is InChI=1S/C20H28N4O10/c1-7-14(24-16(7)23(19(24)31)13-4-9(28)11(6-26)34-13)15-20(2,32)17(29)21-18(30)22(15)12-3-8(27)10(5-25)33-12/h8-13,15-16,25-28,32H,3-6H2,1-2H3,(H,21,29,30)/t8-,9-,10+,11+,12+,13+,15+,16?,20-/m0/s1. The van der Waals surface area contributed by atoms with Crippen LogP contribution < -0.4 is 5.32 Å². The van der Waals surface area contributed by atoms with E-state index in [0.717, 1.165) is 4.90 Å². The van der Waals surface area contributed by atoms with Crippen molar-refractivity contribution in [1.29, 1.82) is 0 Å². The minimum atomic E-state index is -2.14. The van der Waals surface area contributed by atoms with Crippen LogP contribution in [0.3, 0.4) is 0 Å². The normalized spacial score (nSPS) is 44.3. The molecule has 0 aliphatic carbocycles. The number of urea groups is 2. The Morgan fingerprint density at radius 1 is 1.00 bits per heavy atom. The highest BCUT2D eigenvalue weighted by atomic mass is 16.6. The van der Waals surface area contributed by atoms with Gasteiger partial charge in [-0.3, -0.25) is 24.8 Å². The van der Waals surface area contributed by atoms with Gasteiger partial charge in [0.15, 0.2) is 5.60 Å². The predicted molar refractivity (Wildman–Crippen MR) is 108 cm³/mol. The summed E-state index contributed by atoms with van der Waals surface area (Å²) in [5, 5.41) is 52.2. The van der Waals surface area contributed by atoms with Crippen LogP contribution in [0.15, 0.2) is 11.3 Å². The second-order valence-corrected chi connectivity index (χ2v) is 9.45. The third kappa shape index (κ3) is 3.03. The van der Waals surface area contributed by atoms with E-state index in [-0.39, 0.29) is 18.5 Å². The monoisotopic (exact) mass is 484 g/mol. The summed E-state index contributed by atoms with van der Waals surface area (Å²) in [6.45, 7) is 2.03. The lowest BCUT2D eigenvalue weighted by Gasteiger charge is -2.63. The summed E-state index contributed by atoms with van der Waals surface area (Å²) < 4.78 is 11.2. The number of hydrogen-bond donors (Lipinski definition) is 6. The molecular weight excluding hydrogens is 456 g/mol. The maximum absolute atomic E-state index is 13.1. The summed E-state index contributed by atoms with van der Waals surface area (Å²) in [5.41, 5.74) is -1.29. The molecule has 0 aromatic rings.